The molecular formula is C18H19ClFN3O. The number of nitrogens with one attached hydrogen (secondary N) is 2. The van der Waals surface area contributed by atoms with E-state index in [-0.39, 0.29) is 24.3 Å². The van der Waals surface area contributed by atoms with Crippen LogP contribution in [0.2, 0.25) is 5.02 Å². The maximum Gasteiger partial charge on any atom is 0.238 e. The van der Waals surface area contributed by atoms with Crippen LogP contribution in [0.15, 0.2) is 48.5 Å². The topological polar surface area (TPSA) is 44.4 Å². The van der Waals surface area contributed by atoms with E-state index in [1.54, 1.807) is 12.1 Å². The highest BCUT2D eigenvalue weighted by Gasteiger charge is 2.25. The van der Waals surface area contributed by atoms with Gasteiger partial charge in [0.15, 0.2) is 0 Å². The predicted octanol–water partition coefficient (Wildman–Crippen LogP) is 3.06. The standard InChI is InChI=1S/C18H19ClFN3O/c19-14-3-1-2-13(10-14)17-11-21-8-9-23(17)12-18(24)22-16-6-4-15(20)5-7-16/h1-7,10,17,21H,8-9,11-12H2,(H,22,24). The summed E-state index contributed by atoms with van der Waals surface area (Å²) >= 11 is 6.09. The van der Waals surface area contributed by atoms with E-state index < -0.39 is 0 Å². The van der Waals surface area contributed by atoms with Gasteiger partial charge < -0.3 is 10.6 Å². The first-order chi connectivity index (χ1) is 11.6. The van der Waals surface area contributed by atoms with Gasteiger partial charge >= 0.3 is 0 Å². The average molecular weight is 348 g/mol. The number of carbonyl (C=O) groups is 1. The summed E-state index contributed by atoms with van der Waals surface area (Å²) in [5, 5.41) is 6.85. The molecule has 1 fully saturated rings. The van der Waals surface area contributed by atoms with Crippen molar-refractivity contribution in [2.45, 2.75) is 6.04 Å². The fraction of sp³-hybridized carbons (Fsp3) is 0.278. The second kappa shape index (κ2) is 7.75. The fourth-order valence-corrected chi connectivity index (χ4v) is 3.10. The number of rotatable bonds is 4. The minimum Gasteiger partial charge on any atom is -0.325 e. The molecule has 1 heterocycles. The van der Waals surface area contributed by atoms with Gasteiger partial charge in [-0.3, -0.25) is 9.69 Å². The van der Waals surface area contributed by atoms with E-state index in [0.717, 1.165) is 25.2 Å². The number of anilines is 1. The lowest BCUT2D eigenvalue weighted by Crippen LogP contribution is -2.48. The van der Waals surface area contributed by atoms with E-state index >= 15 is 0 Å². The van der Waals surface area contributed by atoms with Crippen molar-refractivity contribution in [1.82, 2.24) is 10.2 Å². The van der Waals surface area contributed by atoms with Crippen molar-refractivity contribution < 1.29 is 9.18 Å². The number of nitrogens with zero attached hydrogens (tertiary/aromatic N) is 1. The Hall–Kier alpha value is -1.95. The van der Waals surface area contributed by atoms with Crippen LogP contribution in [0.4, 0.5) is 10.1 Å². The first-order valence-electron chi connectivity index (χ1n) is 7.87. The summed E-state index contributed by atoms with van der Waals surface area (Å²) in [5.41, 5.74) is 1.68. The molecule has 1 unspecified atom stereocenters. The van der Waals surface area contributed by atoms with Crippen molar-refractivity contribution >= 4 is 23.2 Å². The zero-order valence-corrected chi connectivity index (χ0v) is 13.9. The summed E-state index contributed by atoms with van der Waals surface area (Å²) in [5.74, 6) is -0.438. The average Bonchev–Trinajstić information content (AvgIpc) is 2.57. The molecule has 24 heavy (non-hydrogen) atoms. The highest BCUT2D eigenvalue weighted by molar-refractivity contribution is 6.30. The molecule has 4 nitrogen and oxygen atoms in total. The van der Waals surface area contributed by atoms with Gasteiger partial charge in [-0.2, -0.15) is 0 Å². The number of carbonyl (C=O) groups excluding carboxylic acids is 1. The fourth-order valence-electron chi connectivity index (χ4n) is 2.90. The van der Waals surface area contributed by atoms with E-state index in [9.17, 15) is 9.18 Å². The van der Waals surface area contributed by atoms with Crippen molar-refractivity contribution in [2.24, 2.45) is 0 Å². The molecule has 1 amide bonds. The highest BCUT2D eigenvalue weighted by atomic mass is 35.5. The second-order valence-electron chi connectivity index (χ2n) is 5.80. The lowest BCUT2D eigenvalue weighted by molar-refractivity contribution is -0.118. The summed E-state index contributed by atoms with van der Waals surface area (Å²) in [6.07, 6.45) is 0. The minimum atomic E-state index is -0.323. The second-order valence-corrected chi connectivity index (χ2v) is 6.24. The third kappa shape index (κ3) is 4.32. The van der Waals surface area contributed by atoms with Crippen LogP contribution in [0, 0.1) is 5.82 Å². The number of piperazine rings is 1. The number of hydrogen-bond acceptors (Lipinski definition) is 3. The molecule has 0 radical (unpaired) electrons. The van der Waals surface area contributed by atoms with E-state index in [0.29, 0.717) is 10.7 Å². The van der Waals surface area contributed by atoms with Crippen molar-refractivity contribution in [3.63, 3.8) is 0 Å². The maximum absolute atomic E-state index is 12.9. The third-order valence-corrected chi connectivity index (χ3v) is 4.30. The smallest absolute Gasteiger partial charge is 0.238 e. The van der Waals surface area contributed by atoms with Crippen LogP contribution in [0.3, 0.4) is 0 Å². The van der Waals surface area contributed by atoms with E-state index in [1.165, 1.54) is 12.1 Å². The Balaban J connectivity index is 1.67. The molecule has 2 aromatic carbocycles. The molecule has 0 spiro atoms. The molecule has 0 aromatic heterocycles. The van der Waals surface area contributed by atoms with E-state index in [1.807, 2.05) is 24.3 Å². The molecule has 3 rings (SSSR count). The zero-order chi connectivity index (χ0) is 16.9. The largest absolute Gasteiger partial charge is 0.325 e. The molecule has 1 aliphatic heterocycles. The molecule has 0 bridgehead atoms. The van der Waals surface area contributed by atoms with Gasteiger partial charge in [-0.15, -0.1) is 0 Å². The summed E-state index contributed by atoms with van der Waals surface area (Å²) in [4.78, 5) is 14.4. The van der Waals surface area contributed by atoms with Crippen LogP contribution >= 0.6 is 11.6 Å². The van der Waals surface area contributed by atoms with Gasteiger partial charge in [0.2, 0.25) is 5.91 Å². The van der Waals surface area contributed by atoms with Gasteiger partial charge in [0.25, 0.3) is 0 Å². The zero-order valence-electron chi connectivity index (χ0n) is 13.1. The molecule has 1 atom stereocenters. The minimum absolute atomic E-state index is 0.0939. The molecule has 0 saturated carbocycles. The van der Waals surface area contributed by atoms with Crippen LogP contribution in [-0.2, 0) is 4.79 Å². The quantitative estimate of drug-likeness (QED) is 0.893. The molecule has 1 aliphatic rings. The molecular weight excluding hydrogens is 329 g/mol. The van der Waals surface area contributed by atoms with Gasteiger partial charge in [-0.1, -0.05) is 23.7 Å². The molecule has 2 aromatic rings. The van der Waals surface area contributed by atoms with Crippen LogP contribution < -0.4 is 10.6 Å². The number of hydrogen-bond donors (Lipinski definition) is 2. The monoisotopic (exact) mass is 347 g/mol. The first-order valence-corrected chi connectivity index (χ1v) is 8.25. The Morgan fingerprint density at radius 2 is 2.08 bits per heavy atom. The number of amides is 1. The Morgan fingerprint density at radius 1 is 1.29 bits per heavy atom. The van der Waals surface area contributed by atoms with Gasteiger partial charge in [0, 0.05) is 36.4 Å². The van der Waals surface area contributed by atoms with Crippen LogP contribution in [0.25, 0.3) is 0 Å². The van der Waals surface area contributed by atoms with Gasteiger partial charge in [0.05, 0.1) is 6.54 Å². The van der Waals surface area contributed by atoms with Gasteiger partial charge in [0.1, 0.15) is 5.82 Å². The van der Waals surface area contributed by atoms with Gasteiger partial charge in [-0.25, -0.2) is 4.39 Å². The Labute approximate surface area is 145 Å². The number of halogens is 2. The van der Waals surface area contributed by atoms with E-state index in [2.05, 4.69) is 15.5 Å². The summed E-state index contributed by atoms with van der Waals surface area (Å²) in [7, 11) is 0. The molecule has 0 aliphatic carbocycles. The third-order valence-electron chi connectivity index (χ3n) is 4.06. The van der Waals surface area contributed by atoms with E-state index in [4.69, 9.17) is 11.6 Å². The molecule has 2 N–H and O–H groups in total. The van der Waals surface area contributed by atoms with Crippen LogP contribution in [-0.4, -0.2) is 37.0 Å². The van der Waals surface area contributed by atoms with Crippen molar-refractivity contribution in [2.75, 3.05) is 31.5 Å². The normalized spacial score (nSPS) is 18.3. The number of benzene rings is 2. The lowest BCUT2D eigenvalue weighted by Gasteiger charge is -2.36. The summed E-state index contributed by atoms with van der Waals surface area (Å²) in [6, 6.07) is 13.6. The predicted molar refractivity (Wildman–Crippen MR) is 93.7 cm³/mol. The SMILES string of the molecule is O=C(CN1CCNCC1c1cccc(Cl)c1)Nc1ccc(F)cc1. The van der Waals surface area contributed by atoms with Crippen molar-refractivity contribution in [3.8, 4) is 0 Å². The Bertz CT molecular complexity index is 708. The lowest BCUT2D eigenvalue weighted by atomic mass is 10.0. The van der Waals surface area contributed by atoms with Gasteiger partial charge in [-0.05, 0) is 42.0 Å². The van der Waals surface area contributed by atoms with Crippen molar-refractivity contribution in [1.29, 1.82) is 0 Å². The Morgan fingerprint density at radius 3 is 2.83 bits per heavy atom. The Kier molecular flexibility index (Phi) is 5.45. The molecule has 126 valence electrons. The van der Waals surface area contributed by atoms with Crippen LogP contribution in [0.5, 0.6) is 0 Å². The summed E-state index contributed by atoms with van der Waals surface area (Å²) in [6.45, 7) is 2.65. The molecule has 6 heteroatoms. The maximum atomic E-state index is 12.9. The highest BCUT2D eigenvalue weighted by Crippen LogP contribution is 2.24. The summed E-state index contributed by atoms with van der Waals surface area (Å²) < 4.78 is 12.9. The van der Waals surface area contributed by atoms with Crippen molar-refractivity contribution in [3.05, 3.63) is 64.9 Å². The molecule has 1 saturated heterocycles. The first kappa shape index (κ1) is 16.9. The van der Waals surface area contributed by atoms with Crippen LogP contribution in [0.1, 0.15) is 11.6 Å².